The van der Waals surface area contributed by atoms with Crippen molar-refractivity contribution >= 4 is 47.8 Å². The molecule has 0 saturated heterocycles. The van der Waals surface area contributed by atoms with Crippen molar-refractivity contribution in [3.05, 3.63) is 10.4 Å². The fourth-order valence-corrected chi connectivity index (χ4v) is 1.93. The summed E-state index contributed by atoms with van der Waals surface area (Å²) in [7, 11) is 0. The summed E-state index contributed by atoms with van der Waals surface area (Å²) < 4.78 is -0.236. The summed E-state index contributed by atoms with van der Waals surface area (Å²) in [6, 6.07) is 0. The number of hydrogen-bond donors (Lipinski definition) is 2. The Kier molecular flexibility index (Phi) is 5.05. The van der Waals surface area contributed by atoms with Crippen molar-refractivity contribution in [1.29, 1.82) is 0 Å². The van der Waals surface area contributed by atoms with Crippen LogP contribution in [0.5, 0.6) is 0 Å². The zero-order valence-corrected chi connectivity index (χ0v) is 10.7. The largest absolute Gasteiger partial charge is 0.480 e. The molecule has 0 aromatic heterocycles. The summed E-state index contributed by atoms with van der Waals surface area (Å²) in [5.74, 6) is -0.702. The molecule has 0 aliphatic heterocycles. The Bertz CT molecular complexity index is 161. The first kappa shape index (κ1) is 11.8. The number of hydrogen-bond acceptors (Lipinski definition) is 2. The molecule has 2 N–H and O–H groups in total. The summed E-state index contributed by atoms with van der Waals surface area (Å²) in [6.45, 7) is 2.01. The van der Waals surface area contributed by atoms with Crippen LogP contribution in [0.1, 0.15) is 19.8 Å². The van der Waals surface area contributed by atoms with Crippen LogP contribution in [-0.2, 0) is 0 Å². The third-order valence-corrected chi connectivity index (χ3v) is 4.76. The molecule has 0 aromatic rings. The van der Waals surface area contributed by atoms with Gasteiger partial charge in [-0.05, 0) is 22.4 Å². The molecule has 66 valence electrons. The van der Waals surface area contributed by atoms with Gasteiger partial charge in [0.2, 0.25) is 0 Å². The minimum absolute atomic E-state index is 0.312. The number of alkyl halides is 2. The van der Waals surface area contributed by atoms with Crippen molar-refractivity contribution in [2.45, 2.75) is 23.0 Å². The minimum Gasteiger partial charge on any atom is -0.480 e. The molecule has 0 amide bonds. The molecule has 11 heavy (non-hydrogen) atoms. The quantitative estimate of drug-likeness (QED) is 0.596. The van der Waals surface area contributed by atoms with Crippen molar-refractivity contribution < 1.29 is 10.2 Å². The molecule has 0 unspecified atom stereocenters. The van der Waals surface area contributed by atoms with Crippen LogP contribution in [0.4, 0.5) is 0 Å². The highest BCUT2D eigenvalue weighted by molar-refractivity contribution is 9.26. The monoisotopic (exact) mass is 350 g/mol. The van der Waals surface area contributed by atoms with Gasteiger partial charge in [0.15, 0.2) is 0 Å². The molecule has 0 radical (unpaired) electrons. The van der Waals surface area contributed by atoms with Crippen LogP contribution in [-0.4, -0.2) is 13.4 Å². The molecular weight excluding hydrogens is 344 g/mol. The second kappa shape index (κ2) is 4.72. The van der Waals surface area contributed by atoms with Crippen molar-refractivity contribution in [2.24, 2.45) is 0 Å². The van der Waals surface area contributed by atoms with Crippen molar-refractivity contribution in [3.63, 3.8) is 0 Å². The summed E-state index contributed by atoms with van der Waals surface area (Å²) in [5, 5.41) is 17.4. The first-order valence-electron chi connectivity index (χ1n) is 3.07. The van der Waals surface area contributed by atoms with Gasteiger partial charge in [0, 0.05) is 0 Å². The minimum atomic E-state index is -0.702. The predicted octanol–water partition coefficient (Wildman–Crippen LogP) is 3.95. The molecule has 0 heterocycles. The Labute approximate surface area is 91.1 Å². The second-order valence-electron chi connectivity index (χ2n) is 2.09. The molecule has 0 fully saturated rings. The van der Waals surface area contributed by atoms with Gasteiger partial charge in [-0.15, -0.1) is 0 Å². The van der Waals surface area contributed by atoms with Crippen molar-refractivity contribution in [3.8, 4) is 0 Å². The average Bonchev–Trinajstić information content (AvgIpc) is 1.86. The SMILES string of the molecule is CCCC(Br)(Br)C(Br)=C(O)O. The lowest BCUT2D eigenvalue weighted by Gasteiger charge is -2.18. The molecule has 0 spiro atoms. The van der Waals surface area contributed by atoms with E-state index in [-0.39, 0.29) is 0 Å². The predicted molar refractivity (Wildman–Crippen MR) is 56.7 cm³/mol. The molecule has 0 aliphatic rings. The van der Waals surface area contributed by atoms with Gasteiger partial charge in [-0.25, -0.2) is 0 Å². The maximum absolute atomic E-state index is 8.71. The van der Waals surface area contributed by atoms with E-state index >= 15 is 0 Å². The highest BCUT2D eigenvalue weighted by Gasteiger charge is 2.28. The molecule has 0 aliphatic carbocycles. The van der Waals surface area contributed by atoms with Crippen LogP contribution in [0.2, 0.25) is 0 Å². The van der Waals surface area contributed by atoms with E-state index in [0.717, 1.165) is 12.8 Å². The lowest BCUT2D eigenvalue weighted by atomic mass is 10.2. The van der Waals surface area contributed by atoms with Crippen molar-refractivity contribution in [2.75, 3.05) is 0 Å². The zero-order valence-electron chi connectivity index (χ0n) is 5.94. The van der Waals surface area contributed by atoms with Gasteiger partial charge in [-0.1, -0.05) is 45.2 Å². The van der Waals surface area contributed by atoms with Crippen LogP contribution in [0, 0.1) is 0 Å². The molecule has 2 nitrogen and oxygen atoms in total. The van der Waals surface area contributed by atoms with Gasteiger partial charge >= 0.3 is 0 Å². The molecule has 0 aromatic carbocycles. The topological polar surface area (TPSA) is 40.5 Å². The maximum atomic E-state index is 8.71. The number of aliphatic hydroxyl groups excluding tert-OH is 1. The zero-order chi connectivity index (χ0) is 9.07. The van der Waals surface area contributed by atoms with E-state index in [1.54, 1.807) is 0 Å². The van der Waals surface area contributed by atoms with E-state index in [1.165, 1.54) is 0 Å². The Balaban J connectivity index is 4.42. The van der Waals surface area contributed by atoms with E-state index in [1.807, 2.05) is 6.92 Å². The Morgan fingerprint density at radius 3 is 2.09 bits per heavy atom. The Hall–Kier alpha value is 0.780. The normalized spacial score (nSPS) is 11.3. The fraction of sp³-hybridized carbons (Fsp3) is 0.667. The lowest BCUT2D eigenvalue weighted by molar-refractivity contribution is 0.187. The molecule has 5 heteroatoms. The summed E-state index contributed by atoms with van der Waals surface area (Å²) in [4.78, 5) is 0. The molecule has 0 rings (SSSR count). The second-order valence-corrected chi connectivity index (χ2v) is 6.66. The third-order valence-electron chi connectivity index (χ3n) is 1.08. The maximum Gasteiger partial charge on any atom is 0.287 e. The standard InChI is InChI=1S/C6H9Br3O2/c1-2-3-6(8,9)4(7)5(10)11/h10-11H,2-3H2,1H3. The molecule has 0 atom stereocenters. The van der Waals surface area contributed by atoms with E-state index in [2.05, 4.69) is 47.8 Å². The third kappa shape index (κ3) is 3.80. The van der Waals surface area contributed by atoms with Gasteiger partial charge < -0.3 is 10.2 Å². The number of rotatable bonds is 3. The van der Waals surface area contributed by atoms with Crippen molar-refractivity contribution in [1.82, 2.24) is 0 Å². The van der Waals surface area contributed by atoms with E-state index in [4.69, 9.17) is 10.2 Å². The van der Waals surface area contributed by atoms with E-state index < -0.39 is 9.18 Å². The summed E-state index contributed by atoms with van der Waals surface area (Å²) in [6.07, 6.45) is 1.69. The van der Waals surface area contributed by atoms with E-state index in [0.29, 0.717) is 4.48 Å². The van der Waals surface area contributed by atoms with Gasteiger partial charge in [0.05, 0.1) is 0 Å². The Morgan fingerprint density at radius 2 is 1.82 bits per heavy atom. The average molecular weight is 353 g/mol. The smallest absolute Gasteiger partial charge is 0.287 e. The van der Waals surface area contributed by atoms with Gasteiger partial charge in [-0.2, -0.15) is 0 Å². The molecule has 0 bridgehead atoms. The molecule has 0 saturated carbocycles. The first-order valence-corrected chi connectivity index (χ1v) is 5.45. The number of aliphatic hydroxyl groups is 2. The highest BCUT2D eigenvalue weighted by atomic mass is 79.9. The van der Waals surface area contributed by atoms with Crippen LogP contribution in [0.15, 0.2) is 10.4 Å². The highest BCUT2D eigenvalue weighted by Crippen LogP contribution is 2.42. The summed E-state index contributed by atoms with van der Waals surface area (Å²) >= 11 is 9.65. The van der Waals surface area contributed by atoms with E-state index in [9.17, 15) is 0 Å². The summed E-state index contributed by atoms with van der Waals surface area (Å²) in [5.41, 5.74) is 0. The fourth-order valence-electron chi connectivity index (χ4n) is 0.587. The number of allylic oxidation sites excluding steroid dienone is 1. The van der Waals surface area contributed by atoms with Crippen LogP contribution < -0.4 is 0 Å². The van der Waals surface area contributed by atoms with Gasteiger partial charge in [0.25, 0.3) is 5.95 Å². The van der Waals surface area contributed by atoms with Gasteiger partial charge in [0.1, 0.15) is 7.72 Å². The van der Waals surface area contributed by atoms with Crippen LogP contribution in [0.3, 0.4) is 0 Å². The lowest BCUT2D eigenvalue weighted by Crippen LogP contribution is -2.12. The first-order chi connectivity index (χ1) is 4.91. The van der Waals surface area contributed by atoms with Crippen LogP contribution in [0.25, 0.3) is 0 Å². The molecular formula is C6H9Br3O2. The van der Waals surface area contributed by atoms with Crippen LogP contribution >= 0.6 is 47.8 Å². The van der Waals surface area contributed by atoms with Gasteiger partial charge in [-0.3, -0.25) is 0 Å². The number of halogens is 3. The Morgan fingerprint density at radius 1 is 1.36 bits per heavy atom.